The third kappa shape index (κ3) is 3.37. The molecule has 0 aliphatic rings. The van der Waals surface area contributed by atoms with Gasteiger partial charge in [-0.2, -0.15) is 0 Å². The molecule has 21 heavy (non-hydrogen) atoms. The van der Waals surface area contributed by atoms with Crippen molar-refractivity contribution in [3.63, 3.8) is 0 Å². The standard InChI is InChI=1S/C14H16N2O4S/c1-4-20-6-10-15-9(5-11(17)16-10)12-8(2)7-21-13(12)14(18)19-3/h5,7H,4,6H2,1-3H3,(H,15,16,17). The minimum atomic E-state index is -0.434. The van der Waals surface area contributed by atoms with Gasteiger partial charge in [0.1, 0.15) is 17.3 Å². The lowest BCUT2D eigenvalue weighted by molar-refractivity contribution is 0.0607. The number of rotatable bonds is 5. The molecule has 6 nitrogen and oxygen atoms in total. The van der Waals surface area contributed by atoms with Crippen molar-refractivity contribution in [2.45, 2.75) is 20.5 Å². The largest absolute Gasteiger partial charge is 0.465 e. The molecular weight excluding hydrogens is 292 g/mol. The molecule has 2 aromatic heterocycles. The Balaban J connectivity index is 2.51. The van der Waals surface area contributed by atoms with Crippen molar-refractivity contribution in [2.24, 2.45) is 0 Å². The van der Waals surface area contributed by atoms with Gasteiger partial charge < -0.3 is 14.5 Å². The van der Waals surface area contributed by atoms with E-state index < -0.39 is 5.97 Å². The Morgan fingerprint density at radius 1 is 1.48 bits per heavy atom. The summed E-state index contributed by atoms with van der Waals surface area (Å²) in [7, 11) is 1.33. The SMILES string of the molecule is CCOCc1nc(-c2c(C)csc2C(=O)OC)cc(=O)[nH]1. The zero-order chi connectivity index (χ0) is 15.4. The van der Waals surface area contributed by atoms with E-state index in [2.05, 4.69) is 9.97 Å². The molecule has 7 heteroatoms. The van der Waals surface area contributed by atoms with Crippen molar-refractivity contribution in [3.8, 4) is 11.3 Å². The number of esters is 1. The van der Waals surface area contributed by atoms with Crippen LogP contribution in [-0.4, -0.2) is 29.7 Å². The van der Waals surface area contributed by atoms with E-state index in [1.165, 1.54) is 24.5 Å². The fourth-order valence-corrected chi connectivity index (χ4v) is 2.88. The lowest BCUT2D eigenvalue weighted by Gasteiger charge is -2.06. The van der Waals surface area contributed by atoms with Gasteiger partial charge in [-0.05, 0) is 24.8 Å². The molecule has 0 aliphatic carbocycles. The molecule has 2 rings (SSSR count). The maximum atomic E-state index is 11.8. The highest BCUT2D eigenvalue weighted by Gasteiger charge is 2.20. The number of ether oxygens (including phenoxy) is 2. The van der Waals surface area contributed by atoms with Crippen LogP contribution in [0.5, 0.6) is 0 Å². The van der Waals surface area contributed by atoms with E-state index in [0.29, 0.717) is 28.6 Å². The number of aromatic amines is 1. The highest BCUT2D eigenvalue weighted by atomic mass is 32.1. The topological polar surface area (TPSA) is 81.3 Å². The molecular formula is C14H16N2O4S. The Morgan fingerprint density at radius 3 is 2.90 bits per heavy atom. The molecule has 0 bridgehead atoms. The van der Waals surface area contributed by atoms with Gasteiger partial charge >= 0.3 is 5.97 Å². The first-order valence-electron chi connectivity index (χ1n) is 6.41. The molecule has 0 aliphatic heterocycles. The van der Waals surface area contributed by atoms with Crippen LogP contribution in [0.4, 0.5) is 0 Å². The summed E-state index contributed by atoms with van der Waals surface area (Å²) in [6.45, 7) is 4.47. The molecule has 0 spiro atoms. The number of aryl methyl sites for hydroxylation is 1. The van der Waals surface area contributed by atoms with Crippen LogP contribution in [0.25, 0.3) is 11.3 Å². The monoisotopic (exact) mass is 308 g/mol. The second-order valence-electron chi connectivity index (χ2n) is 4.33. The predicted molar refractivity (Wildman–Crippen MR) is 79.6 cm³/mol. The van der Waals surface area contributed by atoms with Gasteiger partial charge in [0.15, 0.2) is 0 Å². The summed E-state index contributed by atoms with van der Waals surface area (Å²) >= 11 is 1.28. The Labute approximate surface area is 125 Å². The Bertz CT molecular complexity index is 705. The zero-order valence-electron chi connectivity index (χ0n) is 12.1. The van der Waals surface area contributed by atoms with E-state index in [0.717, 1.165) is 5.56 Å². The van der Waals surface area contributed by atoms with E-state index in [1.54, 1.807) is 0 Å². The molecule has 0 saturated carbocycles. The molecule has 0 fully saturated rings. The minimum absolute atomic E-state index is 0.219. The average molecular weight is 308 g/mol. The van der Waals surface area contributed by atoms with Crippen molar-refractivity contribution >= 4 is 17.3 Å². The number of aromatic nitrogens is 2. The van der Waals surface area contributed by atoms with Crippen molar-refractivity contribution in [3.05, 3.63) is 38.1 Å². The molecule has 112 valence electrons. The number of carbonyl (C=O) groups is 1. The van der Waals surface area contributed by atoms with Gasteiger partial charge in [-0.25, -0.2) is 9.78 Å². The van der Waals surface area contributed by atoms with Crippen molar-refractivity contribution < 1.29 is 14.3 Å². The molecule has 0 atom stereocenters. The lowest BCUT2D eigenvalue weighted by atomic mass is 10.1. The average Bonchev–Trinajstić information content (AvgIpc) is 2.85. The van der Waals surface area contributed by atoms with Gasteiger partial charge in [0.25, 0.3) is 5.56 Å². The second-order valence-corrected chi connectivity index (χ2v) is 5.21. The van der Waals surface area contributed by atoms with Crippen LogP contribution >= 0.6 is 11.3 Å². The van der Waals surface area contributed by atoms with E-state index in [4.69, 9.17) is 9.47 Å². The Morgan fingerprint density at radius 2 is 2.24 bits per heavy atom. The third-order valence-electron chi connectivity index (χ3n) is 2.84. The van der Waals surface area contributed by atoms with Gasteiger partial charge in [0, 0.05) is 18.2 Å². The Kier molecular flexibility index (Phi) is 4.87. The van der Waals surface area contributed by atoms with Crippen LogP contribution in [-0.2, 0) is 16.1 Å². The molecule has 0 radical (unpaired) electrons. The zero-order valence-corrected chi connectivity index (χ0v) is 12.9. The molecule has 0 saturated heterocycles. The first-order chi connectivity index (χ1) is 10.1. The fraction of sp³-hybridized carbons (Fsp3) is 0.357. The first-order valence-corrected chi connectivity index (χ1v) is 7.29. The molecule has 0 unspecified atom stereocenters. The van der Waals surface area contributed by atoms with Crippen LogP contribution in [0.3, 0.4) is 0 Å². The van der Waals surface area contributed by atoms with Gasteiger partial charge in [-0.3, -0.25) is 4.79 Å². The molecule has 2 aromatic rings. The van der Waals surface area contributed by atoms with Crippen LogP contribution in [0.1, 0.15) is 28.0 Å². The molecule has 0 aromatic carbocycles. The van der Waals surface area contributed by atoms with E-state index in [9.17, 15) is 9.59 Å². The van der Waals surface area contributed by atoms with Gasteiger partial charge in [-0.1, -0.05) is 0 Å². The number of hydrogen-bond donors (Lipinski definition) is 1. The van der Waals surface area contributed by atoms with Crippen LogP contribution in [0.15, 0.2) is 16.2 Å². The number of methoxy groups -OCH3 is 1. The second kappa shape index (κ2) is 6.64. The summed E-state index contributed by atoms with van der Waals surface area (Å²) in [6.07, 6.45) is 0. The maximum Gasteiger partial charge on any atom is 0.348 e. The third-order valence-corrected chi connectivity index (χ3v) is 3.91. The number of carbonyl (C=O) groups excluding carboxylic acids is 1. The van der Waals surface area contributed by atoms with E-state index >= 15 is 0 Å². The number of nitrogens with one attached hydrogen (secondary N) is 1. The maximum absolute atomic E-state index is 11.8. The Hall–Kier alpha value is -1.99. The minimum Gasteiger partial charge on any atom is -0.465 e. The number of thiophene rings is 1. The quantitative estimate of drug-likeness (QED) is 0.856. The number of H-pyrrole nitrogens is 1. The van der Waals surface area contributed by atoms with Crippen LogP contribution in [0, 0.1) is 6.92 Å². The van der Waals surface area contributed by atoms with Crippen molar-refractivity contribution in [2.75, 3.05) is 13.7 Å². The van der Waals surface area contributed by atoms with Crippen LogP contribution in [0.2, 0.25) is 0 Å². The highest BCUT2D eigenvalue weighted by molar-refractivity contribution is 7.12. The van der Waals surface area contributed by atoms with Crippen LogP contribution < -0.4 is 5.56 Å². The molecule has 2 heterocycles. The summed E-state index contributed by atoms with van der Waals surface area (Å²) in [6, 6.07) is 1.37. The summed E-state index contributed by atoms with van der Waals surface area (Å²) < 4.78 is 10.0. The summed E-state index contributed by atoms with van der Waals surface area (Å²) in [5.74, 6) is -0.00249. The summed E-state index contributed by atoms with van der Waals surface area (Å²) in [4.78, 5) is 31.0. The van der Waals surface area contributed by atoms with Crippen molar-refractivity contribution in [1.82, 2.24) is 9.97 Å². The lowest BCUT2D eigenvalue weighted by Crippen LogP contribution is -2.13. The fourth-order valence-electron chi connectivity index (χ4n) is 1.91. The summed E-state index contributed by atoms with van der Waals surface area (Å²) in [5, 5.41) is 1.84. The van der Waals surface area contributed by atoms with Gasteiger partial charge in [0.05, 0.1) is 12.8 Å². The van der Waals surface area contributed by atoms with Crippen molar-refractivity contribution in [1.29, 1.82) is 0 Å². The van der Waals surface area contributed by atoms with E-state index in [1.807, 2.05) is 19.2 Å². The van der Waals surface area contributed by atoms with Gasteiger partial charge in [0.2, 0.25) is 0 Å². The smallest absolute Gasteiger partial charge is 0.348 e. The molecule has 1 N–H and O–H groups in total. The van der Waals surface area contributed by atoms with E-state index in [-0.39, 0.29) is 12.2 Å². The predicted octanol–water partition coefficient (Wildman–Crippen LogP) is 2.13. The normalized spacial score (nSPS) is 10.6. The molecule has 0 amide bonds. The number of hydrogen-bond acceptors (Lipinski definition) is 6. The first kappa shape index (κ1) is 15.4. The highest BCUT2D eigenvalue weighted by Crippen LogP contribution is 2.31. The summed E-state index contributed by atoms with van der Waals surface area (Å²) in [5.41, 5.74) is 1.68. The van der Waals surface area contributed by atoms with Gasteiger partial charge in [-0.15, -0.1) is 11.3 Å². The number of nitrogens with zero attached hydrogens (tertiary/aromatic N) is 1.